The molecule has 2 heterocycles. The fourth-order valence-corrected chi connectivity index (χ4v) is 1.81. The molecule has 1 amide bonds. The Hall–Kier alpha value is -1.36. The van der Waals surface area contributed by atoms with Crippen LogP contribution < -0.4 is 10.6 Å². The Balaban J connectivity index is 2.14. The summed E-state index contributed by atoms with van der Waals surface area (Å²) in [6, 6.07) is 0.191. The SMILES string of the molecule is CCC(C)NC(=O)c1n[nH]c2c1CNCC2. The summed E-state index contributed by atoms with van der Waals surface area (Å²) in [5.41, 5.74) is 2.66. The van der Waals surface area contributed by atoms with Gasteiger partial charge in [-0.15, -0.1) is 0 Å². The lowest BCUT2D eigenvalue weighted by atomic mass is 10.1. The summed E-state index contributed by atoms with van der Waals surface area (Å²) < 4.78 is 0. The molecule has 0 radical (unpaired) electrons. The summed E-state index contributed by atoms with van der Waals surface area (Å²) in [5.74, 6) is -0.0736. The number of nitrogens with zero attached hydrogens (tertiary/aromatic N) is 1. The Morgan fingerprint density at radius 1 is 1.62 bits per heavy atom. The molecule has 1 aliphatic rings. The summed E-state index contributed by atoms with van der Waals surface area (Å²) in [7, 11) is 0. The van der Waals surface area contributed by atoms with Gasteiger partial charge in [-0.1, -0.05) is 6.92 Å². The van der Waals surface area contributed by atoms with Gasteiger partial charge in [0, 0.05) is 36.8 Å². The van der Waals surface area contributed by atoms with Gasteiger partial charge in [-0.3, -0.25) is 9.89 Å². The van der Waals surface area contributed by atoms with Gasteiger partial charge in [-0.05, 0) is 13.3 Å². The van der Waals surface area contributed by atoms with Crippen molar-refractivity contribution in [1.29, 1.82) is 0 Å². The van der Waals surface area contributed by atoms with Crippen molar-refractivity contribution >= 4 is 5.91 Å². The summed E-state index contributed by atoms with van der Waals surface area (Å²) in [4.78, 5) is 11.9. The Morgan fingerprint density at radius 2 is 2.44 bits per heavy atom. The number of aromatic nitrogens is 2. The molecule has 0 saturated heterocycles. The minimum Gasteiger partial charge on any atom is -0.348 e. The third-order valence-corrected chi connectivity index (χ3v) is 3.01. The molecule has 0 fully saturated rings. The molecule has 0 aromatic carbocycles. The van der Waals surface area contributed by atoms with E-state index in [1.54, 1.807) is 0 Å². The lowest BCUT2D eigenvalue weighted by Gasteiger charge is -2.14. The second-order valence-corrected chi connectivity index (χ2v) is 4.24. The molecule has 1 aliphatic heterocycles. The first-order chi connectivity index (χ1) is 7.72. The van der Waals surface area contributed by atoms with Crippen molar-refractivity contribution in [2.75, 3.05) is 6.54 Å². The second-order valence-electron chi connectivity index (χ2n) is 4.24. The summed E-state index contributed by atoms with van der Waals surface area (Å²) in [6.07, 6.45) is 1.84. The third-order valence-electron chi connectivity index (χ3n) is 3.01. The highest BCUT2D eigenvalue weighted by atomic mass is 16.2. The van der Waals surface area contributed by atoms with Gasteiger partial charge in [0.25, 0.3) is 5.91 Å². The van der Waals surface area contributed by atoms with E-state index in [9.17, 15) is 4.79 Å². The highest BCUT2D eigenvalue weighted by Crippen LogP contribution is 2.15. The summed E-state index contributed by atoms with van der Waals surface area (Å²) in [6.45, 7) is 5.72. The zero-order valence-electron chi connectivity index (χ0n) is 9.76. The van der Waals surface area contributed by atoms with E-state index in [1.807, 2.05) is 13.8 Å². The van der Waals surface area contributed by atoms with Crippen molar-refractivity contribution < 1.29 is 4.79 Å². The largest absolute Gasteiger partial charge is 0.348 e. The van der Waals surface area contributed by atoms with Gasteiger partial charge in [0.05, 0.1) is 0 Å². The molecular formula is C11H18N4O. The number of fused-ring (bicyclic) bond motifs is 1. The number of carbonyl (C=O) groups excluding carboxylic acids is 1. The smallest absolute Gasteiger partial charge is 0.272 e. The second kappa shape index (κ2) is 4.65. The first-order valence-electron chi connectivity index (χ1n) is 5.80. The average molecular weight is 222 g/mol. The molecule has 1 atom stereocenters. The van der Waals surface area contributed by atoms with E-state index >= 15 is 0 Å². The minimum absolute atomic E-state index is 0.0736. The standard InChI is InChI=1S/C11H18N4O/c1-3-7(2)13-11(16)10-8-6-12-5-4-9(8)14-15-10/h7,12H,3-6H2,1-2H3,(H,13,16)(H,14,15). The number of H-pyrrole nitrogens is 1. The molecule has 88 valence electrons. The molecular weight excluding hydrogens is 204 g/mol. The van der Waals surface area contributed by atoms with Crippen LogP contribution in [0.5, 0.6) is 0 Å². The monoisotopic (exact) mass is 222 g/mol. The van der Waals surface area contributed by atoms with Crippen LogP contribution in [-0.2, 0) is 13.0 Å². The quantitative estimate of drug-likeness (QED) is 0.701. The van der Waals surface area contributed by atoms with Crippen LogP contribution in [0, 0.1) is 0 Å². The number of rotatable bonds is 3. The minimum atomic E-state index is -0.0736. The maximum Gasteiger partial charge on any atom is 0.272 e. The topological polar surface area (TPSA) is 69.8 Å². The predicted octanol–water partition coefficient (Wildman–Crippen LogP) is 0.584. The third kappa shape index (κ3) is 2.09. The molecule has 2 rings (SSSR count). The van der Waals surface area contributed by atoms with Crippen LogP contribution in [0.4, 0.5) is 0 Å². The van der Waals surface area contributed by atoms with Gasteiger partial charge in [0.15, 0.2) is 5.69 Å². The Kier molecular flexibility index (Phi) is 3.24. The van der Waals surface area contributed by atoms with Crippen LogP contribution >= 0.6 is 0 Å². The number of carbonyl (C=O) groups is 1. The molecule has 0 spiro atoms. The first-order valence-corrected chi connectivity index (χ1v) is 5.80. The van der Waals surface area contributed by atoms with Crippen molar-refractivity contribution in [3.05, 3.63) is 17.0 Å². The van der Waals surface area contributed by atoms with Crippen molar-refractivity contribution in [1.82, 2.24) is 20.8 Å². The van der Waals surface area contributed by atoms with Crippen LogP contribution in [0.1, 0.15) is 42.0 Å². The molecule has 3 N–H and O–H groups in total. The van der Waals surface area contributed by atoms with Gasteiger partial charge >= 0.3 is 0 Å². The summed E-state index contributed by atoms with van der Waals surface area (Å²) >= 11 is 0. The number of hydrogen-bond donors (Lipinski definition) is 3. The van der Waals surface area contributed by atoms with Crippen LogP contribution in [0.15, 0.2) is 0 Å². The number of hydrogen-bond acceptors (Lipinski definition) is 3. The zero-order valence-corrected chi connectivity index (χ0v) is 9.76. The van der Waals surface area contributed by atoms with Gasteiger partial charge < -0.3 is 10.6 Å². The number of amides is 1. The van der Waals surface area contributed by atoms with E-state index in [1.165, 1.54) is 0 Å². The average Bonchev–Trinajstić information content (AvgIpc) is 2.72. The van der Waals surface area contributed by atoms with Crippen molar-refractivity contribution in [3.63, 3.8) is 0 Å². The van der Waals surface area contributed by atoms with Crippen LogP contribution in [0.25, 0.3) is 0 Å². The van der Waals surface area contributed by atoms with Crippen LogP contribution in [0.2, 0.25) is 0 Å². The zero-order chi connectivity index (χ0) is 11.5. The normalized spacial score (nSPS) is 16.6. The Morgan fingerprint density at radius 3 is 3.19 bits per heavy atom. The first kappa shape index (κ1) is 11.1. The van der Waals surface area contributed by atoms with Crippen molar-refractivity contribution in [2.24, 2.45) is 0 Å². The van der Waals surface area contributed by atoms with E-state index in [0.29, 0.717) is 5.69 Å². The number of aromatic amines is 1. The molecule has 5 nitrogen and oxygen atoms in total. The van der Waals surface area contributed by atoms with Gasteiger partial charge in [0.1, 0.15) is 0 Å². The van der Waals surface area contributed by atoms with Crippen LogP contribution in [0.3, 0.4) is 0 Å². The maximum atomic E-state index is 11.9. The molecule has 0 aliphatic carbocycles. The Bertz CT molecular complexity index is 385. The fourth-order valence-electron chi connectivity index (χ4n) is 1.81. The lowest BCUT2D eigenvalue weighted by molar-refractivity contribution is 0.0933. The van der Waals surface area contributed by atoms with Crippen LogP contribution in [-0.4, -0.2) is 28.7 Å². The highest BCUT2D eigenvalue weighted by molar-refractivity contribution is 5.94. The van der Waals surface area contributed by atoms with Crippen molar-refractivity contribution in [3.8, 4) is 0 Å². The maximum absolute atomic E-state index is 11.9. The molecule has 1 aromatic rings. The van der Waals surface area contributed by atoms with Gasteiger partial charge in [-0.2, -0.15) is 5.10 Å². The van der Waals surface area contributed by atoms with E-state index < -0.39 is 0 Å². The molecule has 0 bridgehead atoms. The molecule has 1 aromatic heterocycles. The van der Waals surface area contributed by atoms with Crippen molar-refractivity contribution in [2.45, 2.75) is 39.3 Å². The molecule has 5 heteroatoms. The summed E-state index contributed by atoms with van der Waals surface area (Å²) in [5, 5.41) is 13.2. The highest BCUT2D eigenvalue weighted by Gasteiger charge is 2.21. The number of nitrogens with one attached hydrogen (secondary N) is 3. The van der Waals surface area contributed by atoms with E-state index in [4.69, 9.17) is 0 Å². The molecule has 16 heavy (non-hydrogen) atoms. The molecule has 0 saturated carbocycles. The van der Waals surface area contributed by atoms with Gasteiger partial charge in [0.2, 0.25) is 0 Å². The lowest BCUT2D eigenvalue weighted by Crippen LogP contribution is -2.33. The van der Waals surface area contributed by atoms with E-state index in [-0.39, 0.29) is 11.9 Å². The van der Waals surface area contributed by atoms with E-state index in [2.05, 4.69) is 20.8 Å². The fraction of sp³-hybridized carbons (Fsp3) is 0.636. The van der Waals surface area contributed by atoms with E-state index in [0.717, 1.165) is 37.2 Å². The Labute approximate surface area is 95.0 Å². The molecule has 1 unspecified atom stereocenters. The predicted molar refractivity (Wildman–Crippen MR) is 61.2 cm³/mol. The van der Waals surface area contributed by atoms with Gasteiger partial charge in [-0.25, -0.2) is 0 Å².